The summed E-state index contributed by atoms with van der Waals surface area (Å²) in [6, 6.07) is 0. The molecule has 0 aromatic heterocycles. The molecule has 0 aromatic carbocycles. The largest absolute Gasteiger partial charge is 0.317 e. The van der Waals surface area contributed by atoms with Gasteiger partial charge in [0, 0.05) is 14.3 Å². The molecular weight excluding hydrogens is 172 g/mol. The normalized spacial score (nSPS) is 23.3. The molecule has 80 valence electrons. The van der Waals surface area contributed by atoms with Crippen LogP contribution in [0.15, 0.2) is 0 Å². The molecule has 1 N–H and O–H groups in total. The molecule has 1 fully saturated rings. The van der Waals surface area contributed by atoms with Gasteiger partial charge in [0.15, 0.2) is 0 Å². The Morgan fingerprint density at radius 3 is 2.54 bits per heavy atom. The van der Waals surface area contributed by atoms with Crippen LogP contribution in [0.1, 0.15) is 40.5 Å². The topological polar surface area (TPSA) is 12.0 Å². The Bertz CT molecular complexity index is 143. The Morgan fingerprint density at radius 2 is 2.00 bits per heavy atom. The standard InChI is InChI=1S/C10H19F2N.H2/c1-2-13-8-5-9-3-6-10(11,12)7-4-9;/h9,13H,2-8H2,1H3;1H. The Hall–Kier alpha value is -0.180. The van der Waals surface area contributed by atoms with Gasteiger partial charge < -0.3 is 5.32 Å². The second kappa shape index (κ2) is 4.89. The molecule has 13 heavy (non-hydrogen) atoms. The van der Waals surface area contributed by atoms with E-state index >= 15 is 0 Å². The van der Waals surface area contributed by atoms with Crippen molar-refractivity contribution < 1.29 is 10.2 Å². The Labute approximate surface area is 80.4 Å². The lowest BCUT2D eigenvalue weighted by Crippen LogP contribution is -2.26. The Kier molecular flexibility index (Phi) is 4.10. The fourth-order valence-corrected chi connectivity index (χ4v) is 1.87. The number of hydrogen-bond acceptors (Lipinski definition) is 1. The van der Waals surface area contributed by atoms with Crippen LogP contribution in [0.25, 0.3) is 0 Å². The average Bonchev–Trinajstić information content (AvgIpc) is 2.08. The van der Waals surface area contributed by atoms with Crippen molar-refractivity contribution in [3.05, 3.63) is 0 Å². The first-order chi connectivity index (χ1) is 6.14. The zero-order chi connectivity index (χ0) is 9.73. The van der Waals surface area contributed by atoms with Crippen molar-refractivity contribution in [3.63, 3.8) is 0 Å². The van der Waals surface area contributed by atoms with Gasteiger partial charge in [-0.3, -0.25) is 0 Å². The molecule has 1 nitrogen and oxygen atoms in total. The number of rotatable bonds is 4. The Morgan fingerprint density at radius 1 is 1.38 bits per heavy atom. The van der Waals surface area contributed by atoms with Crippen LogP contribution in [0.5, 0.6) is 0 Å². The predicted octanol–water partition coefficient (Wildman–Crippen LogP) is 3.06. The third kappa shape index (κ3) is 4.03. The summed E-state index contributed by atoms with van der Waals surface area (Å²) in [6.07, 6.45) is 2.67. The summed E-state index contributed by atoms with van der Waals surface area (Å²) >= 11 is 0. The molecule has 0 saturated heterocycles. The maximum Gasteiger partial charge on any atom is 0.248 e. The quantitative estimate of drug-likeness (QED) is 0.677. The smallest absolute Gasteiger partial charge is 0.248 e. The van der Waals surface area contributed by atoms with Gasteiger partial charge in [0.1, 0.15) is 0 Å². The number of alkyl halides is 2. The molecule has 0 bridgehead atoms. The average molecular weight is 193 g/mol. The second-order valence-electron chi connectivity index (χ2n) is 3.94. The molecule has 1 saturated carbocycles. The highest BCUT2D eigenvalue weighted by atomic mass is 19.3. The molecule has 0 aromatic rings. The van der Waals surface area contributed by atoms with E-state index in [4.69, 9.17) is 0 Å². The van der Waals surface area contributed by atoms with Crippen molar-refractivity contribution in [2.45, 2.75) is 45.0 Å². The number of hydrogen-bond donors (Lipinski definition) is 1. The van der Waals surface area contributed by atoms with E-state index in [0.29, 0.717) is 18.8 Å². The van der Waals surface area contributed by atoms with E-state index in [1.54, 1.807) is 0 Å². The van der Waals surface area contributed by atoms with Crippen molar-refractivity contribution in [3.8, 4) is 0 Å². The lowest BCUT2D eigenvalue weighted by atomic mass is 9.85. The van der Waals surface area contributed by atoms with Crippen LogP contribution in [-0.2, 0) is 0 Å². The van der Waals surface area contributed by atoms with Gasteiger partial charge >= 0.3 is 0 Å². The minimum Gasteiger partial charge on any atom is -0.317 e. The maximum atomic E-state index is 12.8. The fraction of sp³-hybridized carbons (Fsp3) is 1.00. The number of halogens is 2. The summed E-state index contributed by atoms with van der Waals surface area (Å²) in [7, 11) is 0. The van der Waals surface area contributed by atoms with Crippen LogP contribution in [0.4, 0.5) is 8.78 Å². The molecule has 0 heterocycles. The van der Waals surface area contributed by atoms with Crippen molar-refractivity contribution in [1.29, 1.82) is 0 Å². The van der Waals surface area contributed by atoms with Crippen molar-refractivity contribution in [1.82, 2.24) is 5.32 Å². The maximum absolute atomic E-state index is 12.8. The van der Waals surface area contributed by atoms with E-state index < -0.39 is 5.92 Å². The molecule has 0 unspecified atom stereocenters. The van der Waals surface area contributed by atoms with Gasteiger partial charge in [-0.25, -0.2) is 8.78 Å². The Balaban J connectivity index is 0.00000169. The van der Waals surface area contributed by atoms with Crippen molar-refractivity contribution >= 4 is 0 Å². The molecule has 1 aliphatic rings. The first-order valence-corrected chi connectivity index (χ1v) is 5.22. The van der Waals surface area contributed by atoms with E-state index in [1.165, 1.54) is 0 Å². The molecule has 0 aliphatic heterocycles. The fourth-order valence-electron chi connectivity index (χ4n) is 1.87. The second-order valence-corrected chi connectivity index (χ2v) is 3.94. The summed E-state index contributed by atoms with van der Waals surface area (Å²) in [5.74, 6) is -1.84. The van der Waals surface area contributed by atoms with Gasteiger partial charge in [0.25, 0.3) is 0 Å². The molecule has 1 rings (SSSR count). The molecule has 1 aliphatic carbocycles. The van der Waals surface area contributed by atoms with Gasteiger partial charge in [-0.05, 0) is 38.3 Å². The van der Waals surface area contributed by atoms with E-state index in [2.05, 4.69) is 12.2 Å². The minimum absolute atomic E-state index is 0. The van der Waals surface area contributed by atoms with Crippen LogP contribution in [-0.4, -0.2) is 19.0 Å². The zero-order valence-electron chi connectivity index (χ0n) is 8.28. The lowest BCUT2D eigenvalue weighted by Gasteiger charge is -2.28. The van der Waals surface area contributed by atoms with Gasteiger partial charge in [-0.2, -0.15) is 0 Å². The number of nitrogens with one attached hydrogen (secondary N) is 1. The van der Waals surface area contributed by atoms with Gasteiger partial charge in [0.2, 0.25) is 5.92 Å². The molecule has 0 amide bonds. The van der Waals surface area contributed by atoms with Gasteiger partial charge in [-0.1, -0.05) is 6.92 Å². The molecular formula is C10H21F2N. The first-order valence-electron chi connectivity index (χ1n) is 5.22. The third-order valence-corrected chi connectivity index (χ3v) is 2.82. The van der Waals surface area contributed by atoms with E-state index in [0.717, 1.165) is 19.5 Å². The van der Waals surface area contributed by atoms with Crippen molar-refractivity contribution in [2.24, 2.45) is 5.92 Å². The van der Waals surface area contributed by atoms with Gasteiger partial charge in [0.05, 0.1) is 0 Å². The summed E-state index contributed by atoms with van der Waals surface area (Å²) in [4.78, 5) is 0. The monoisotopic (exact) mass is 193 g/mol. The zero-order valence-corrected chi connectivity index (χ0v) is 8.28. The highest BCUT2D eigenvalue weighted by Crippen LogP contribution is 2.37. The van der Waals surface area contributed by atoms with Crippen LogP contribution < -0.4 is 5.32 Å². The summed E-state index contributed by atoms with van der Waals surface area (Å²) in [5.41, 5.74) is 0. The lowest BCUT2D eigenvalue weighted by molar-refractivity contribution is -0.0464. The van der Waals surface area contributed by atoms with Crippen molar-refractivity contribution in [2.75, 3.05) is 13.1 Å². The summed E-state index contributed by atoms with van der Waals surface area (Å²) < 4.78 is 25.5. The van der Waals surface area contributed by atoms with E-state index in [9.17, 15) is 8.78 Å². The van der Waals surface area contributed by atoms with Crippen LogP contribution in [0.2, 0.25) is 0 Å². The molecule has 0 spiro atoms. The minimum atomic E-state index is -2.37. The molecule has 3 heteroatoms. The first kappa shape index (κ1) is 10.9. The molecule has 0 atom stereocenters. The van der Waals surface area contributed by atoms with Crippen LogP contribution in [0, 0.1) is 5.92 Å². The van der Waals surface area contributed by atoms with E-state index in [-0.39, 0.29) is 14.3 Å². The highest BCUT2D eigenvalue weighted by molar-refractivity contribution is 4.77. The van der Waals surface area contributed by atoms with Crippen LogP contribution >= 0.6 is 0 Å². The third-order valence-electron chi connectivity index (χ3n) is 2.82. The van der Waals surface area contributed by atoms with Gasteiger partial charge in [-0.15, -0.1) is 0 Å². The summed E-state index contributed by atoms with van der Waals surface area (Å²) in [5, 5.41) is 3.23. The predicted molar refractivity (Wildman–Crippen MR) is 52.2 cm³/mol. The summed E-state index contributed by atoms with van der Waals surface area (Å²) in [6.45, 7) is 4.02. The SMILES string of the molecule is CCNCCC1CCC(F)(F)CC1.[HH]. The highest BCUT2D eigenvalue weighted by Gasteiger charge is 2.34. The van der Waals surface area contributed by atoms with Crippen LogP contribution in [0.3, 0.4) is 0 Å². The molecule has 0 radical (unpaired) electrons. The van der Waals surface area contributed by atoms with E-state index in [1.807, 2.05) is 0 Å².